The summed E-state index contributed by atoms with van der Waals surface area (Å²) in [6.45, 7) is 0.612. The van der Waals surface area contributed by atoms with E-state index in [-0.39, 0.29) is 11.6 Å². The van der Waals surface area contributed by atoms with Crippen molar-refractivity contribution >= 4 is 23.0 Å². The summed E-state index contributed by atoms with van der Waals surface area (Å²) in [6, 6.07) is 14.6. The van der Waals surface area contributed by atoms with Gasteiger partial charge in [-0.25, -0.2) is 8.78 Å². The van der Waals surface area contributed by atoms with Gasteiger partial charge < -0.3 is 10.2 Å². The van der Waals surface area contributed by atoms with Crippen LogP contribution in [0.1, 0.15) is 16.1 Å². The number of aromatic nitrogens is 1. The van der Waals surface area contributed by atoms with Crippen molar-refractivity contribution in [1.82, 2.24) is 4.98 Å². The van der Waals surface area contributed by atoms with Crippen LogP contribution in [0.25, 0.3) is 0 Å². The van der Waals surface area contributed by atoms with E-state index in [1.807, 2.05) is 24.3 Å². The number of fused-ring (bicyclic) bond motifs is 1. The van der Waals surface area contributed by atoms with Crippen LogP contribution in [0.3, 0.4) is 0 Å². The highest BCUT2D eigenvalue weighted by Gasteiger charge is 2.26. The highest BCUT2D eigenvalue weighted by molar-refractivity contribution is 6.06. The van der Waals surface area contributed by atoms with Crippen molar-refractivity contribution < 1.29 is 13.6 Å². The van der Waals surface area contributed by atoms with E-state index < -0.39 is 11.6 Å². The number of halogens is 2. The van der Waals surface area contributed by atoms with Crippen LogP contribution in [0.2, 0.25) is 0 Å². The van der Waals surface area contributed by atoms with E-state index in [0.29, 0.717) is 17.9 Å². The number of para-hydroxylation sites is 1. The molecule has 2 heterocycles. The zero-order valence-corrected chi connectivity index (χ0v) is 13.7. The predicted octanol–water partition coefficient (Wildman–Crippen LogP) is 4.31. The minimum Gasteiger partial charge on any atom is -0.355 e. The Hall–Kier alpha value is -3.28. The van der Waals surface area contributed by atoms with Gasteiger partial charge in [0.1, 0.15) is 5.69 Å². The standard InChI is InChI=1S/C20H15F2N3O/c21-16-6-5-14(11-17(16)22)24-15-7-9-23-18(12-15)20(26)25-10-8-13-3-1-2-4-19(13)25/h1-7,9,11-12H,8,10H2,(H,23,24). The fraction of sp³-hybridized carbons (Fsp3) is 0.100. The summed E-state index contributed by atoms with van der Waals surface area (Å²) in [5, 5.41) is 2.96. The van der Waals surface area contributed by atoms with Crippen LogP contribution in [0, 0.1) is 11.6 Å². The molecule has 0 aliphatic carbocycles. The summed E-state index contributed by atoms with van der Waals surface area (Å²) in [5.41, 5.74) is 3.28. The van der Waals surface area contributed by atoms with E-state index >= 15 is 0 Å². The van der Waals surface area contributed by atoms with E-state index in [1.165, 1.54) is 12.3 Å². The van der Waals surface area contributed by atoms with E-state index in [0.717, 1.165) is 29.8 Å². The van der Waals surface area contributed by atoms with Crippen molar-refractivity contribution in [3.63, 3.8) is 0 Å². The van der Waals surface area contributed by atoms with Gasteiger partial charge in [-0.05, 0) is 42.3 Å². The first-order chi connectivity index (χ1) is 12.6. The first-order valence-electron chi connectivity index (χ1n) is 8.20. The molecule has 1 amide bonds. The van der Waals surface area contributed by atoms with Gasteiger partial charge in [0.2, 0.25) is 0 Å². The fourth-order valence-corrected chi connectivity index (χ4v) is 3.05. The van der Waals surface area contributed by atoms with Crippen molar-refractivity contribution in [1.29, 1.82) is 0 Å². The molecule has 0 saturated heterocycles. The number of carbonyl (C=O) groups is 1. The van der Waals surface area contributed by atoms with Gasteiger partial charge in [-0.3, -0.25) is 9.78 Å². The molecule has 4 nitrogen and oxygen atoms in total. The monoisotopic (exact) mass is 351 g/mol. The summed E-state index contributed by atoms with van der Waals surface area (Å²) in [6.07, 6.45) is 2.33. The second kappa shape index (κ2) is 6.55. The van der Waals surface area contributed by atoms with Gasteiger partial charge in [0.05, 0.1) is 0 Å². The second-order valence-corrected chi connectivity index (χ2v) is 6.02. The van der Waals surface area contributed by atoms with Crippen molar-refractivity contribution in [2.75, 3.05) is 16.8 Å². The number of pyridine rings is 1. The highest BCUT2D eigenvalue weighted by atomic mass is 19.2. The third kappa shape index (κ3) is 3.01. The third-order valence-electron chi connectivity index (χ3n) is 4.32. The van der Waals surface area contributed by atoms with Crippen LogP contribution >= 0.6 is 0 Å². The van der Waals surface area contributed by atoms with Crippen molar-refractivity contribution in [3.05, 3.63) is 83.7 Å². The van der Waals surface area contributed by atoms with E-state index in [4.69, 9.17) is 0 Å². The van der Waals surface area contributed by atoms with Gasteiger partial charge in [-0.1, -0.05) is 18.2 Å². The minimum atomic E-state index is -0.936. The molecule has 1 N–H and O–H groups in total. The molecule has 1 aliphatic heterocycles. The topological polar surface area (TPSA) is 45.2 Å². The smallest absolute Gasteiger partial charge is 0.276 e. The Kier molecular flexibility index (Phi) is 4.08. The largest absolute Gasteiger partial charge is 0.355 e. The van der Waals surface area contributed by atoms with Crippen LogP contribution < -0.4 is 10.2 Å². The normalized spacial score (nSPS) is 12.8. The average molecular weight is 351 g/mol. The Labute approximate surface area is 149 Å². The second-order valence-electron chi connectivity index (χ2n) is 6.02. The van der Waals surface area contributed by atoms with Gasteiger partial charge in [0.25, 0.3) is 5.91 Å². The number of amides is 1. The average Bonchev–Trinajstić information content (AvgIpc) is 3.08. The molecule has 2 aromatic carbocycles. The molecule has 0 unspecified atom stereocenters. The van der Waals surface area contributed by atoms with Crippen LogP contribution in [-0.2, 0) is 6.42 Å². The molecule has 6 heteroatoms. The number of anilines is 3. The number of hydrogen-bond donors (Lipinski definition) is 1. The lowest BCUT2D eigenvalue weighted by Gasteiger charge is -2.17. The summed E-state index contributed by atoms with van der Waals surface area (Å²) in [4.78, 5) is 18.7. The SMILES string of the molecule is O=C(c1cc(Nc2ccc(F)c(F)c2)ccn1)N1CCc2ccccc21. The molecule has 0 bridgehead atoms. The van der Waals surface area contributed by atoms with Gasteiger partial charge in [-0.15, -0.1) is 0 Å². The summed E-state index contributed by atoms with van der Waals surface area (Å²) in [5.74, 6) is -2.04. The molecule has 0 radical (unpaired) electrons. The van der Waals surface area contributed by atoms with Crippen LogP contribution in [0.5, 0.6) is 0 Å². The summed E-state index contributed by atoms with van der Waals surface area (Å²) >= 11 is 0. The molecule has 0 spiro atoms. The number of rotatable bonds is 3. The maximum absolute atomic E-state index is 13.3. The molecule has 0 saturated carbocycles. The molecule has 0 atom stereocenters. The zero-order chi connectivity index (χ0) is 18.1. The minimum absolute atomic E-state index is 0.191. The maximum atomic E-state index is 13.3. The lowest BCUT2D eigenvalue weighted by molar-refractivity contribution is 0.0984. The Bertz CT molecular complexity index is 990. The highest BCUT2D eigenvalue weighted by Crippen LogP contribution is 2.29. The Balaban J connectivity index is 1.58. The quantitative estimate of drug-likeness (QED) is 0.765. The molecule has 4 rings (SSSR count). The number of nitrogens with one attached hydrogen (secondary N) is 1. The zero-order valence-electron chi connectivity index (χ0n) is 13.7. The summed E-state index contributed by atoms with van der Waals surface area (Å²) < 4.78 is 26.4. The molecule has 0 fully saturated rings. The first-order valence-corrected chi connectivity index (χ1v) is 8.20. The number of hydrogen-bond acceptors (Lipinski definition) is 3. The summed E-state index contributed by atoms with van der Waals surface area (Å²) in [7, 11) is 0. The lowest BCUT2D eigenvalue weighted by Crippen LogP contribution is -2.29. The Morgan fingerprint density at radius 1 is 1.00 bits per heavy atom. The van der Waals surface area contributed by atoms with Crippen LogP contribution in [0.4, 0.5) is 25.8 Å². The molecule has 130 valence electrons. The predicted molar refractivity (Wildman–Crippen MR) is 95.7 cm³/mol. The Morgan fingerprint density at radius 3 is 2.65 bits per heavy atom. The molecule has 26 heavy (non-hydrogen) atoms. The van der Waals surface area contributed by atoms with Crippen LogP contribution in [0.15, 0.2) is 60.8 Å². The van der Waals surface area contributed by atoms with E-state index in [2.05, 4.69) is 10.3 Å². The van der Waals surface area contributed by atoms with Gasteiger partial charge in [0, 0.05) is 35.9 Å². The molecule has 1 aliphatic rings. The van der Waals surface area contributed by atoms with Crippen molar-refractivity contribution in [3.8, 4) is 0 Å². The molecular formula is C20H15F2N3O. The lowest BCUT2D eigenvalue weighted by atomic mass is 10.2. The first kappa shape index (κ1) is 16.2. The fourth-order valence-electron chi connectivity index (χ4n) is 3.05. The third-order valence-corrected chi connectivity index (χ3v) is 4.32. The van der Waals surface area contributed by atoms with Crippen LogP contribution in [-0.4, -0.2) is 17.4 Å². The molecular weight excluding hydrogens is 336 g/mol. The Morgan fingerprint density at radius 2 is 1.81 bits per heavy atom. The number of carbonyl (C=O) groups excluding carboxylic acids is 1. The van der Waals surface area contributed by atoms with E-state index in [1.54, 1.807) is 17.0 Å². The number of benzene rings is 2. The molecule has 1 aromatic heterocycles. The van der Waals surface area contributed by atoms with Gasteiger partial charge in [-0.2, -0.15) is 0 Å². The van der Waals surface area contributed by atoms with Gasteiger partial charge in [0.15, 0.2) is 11.6 Å². The molecule has 3 aromatic rings. The maximum Gasteiger partial charge on any atom is 0.276 e. The number of nitrogens with zero attached hydrogens (tertiary/aromatic N) is 2. The van der Waals surface area contributed by atoms with Gasteiger partial charge >= 0.3 is 0 Å². The van der Waals surface area contributed by atoms with Crippen molar-refractivity contribution in [2.45, 2.75) is 6.42 Å². The van der Waals surface area contributed by atoms with E-state index in [9.17, 15) is 13.6 Å². The van der Waals surface area contributed by atoms with Crippen molar-refractivity contribution in [2.24, 2.45) is 0 Å².